The summed E-state index contributed by atoms with van der Waals surface area (Å²) < 4.78 is 4.39. The Morgan fingerprint density at radius 3 is 2.68 bits per heavy atom. The topological polar surface area (TPSA) is 85.0 Å². The number of benzene rings is 2. The van der Waals surface area contributed by atoms with Crippen LogP contribution in [0.15, 0.2) is 59.1 Å². The third-order valence-electron chi connectivity index (χ3n) is 4.33. The van der Waals surface area contributed by atoms with Crippen molar-refractivity contribution in [2.45, 2.75) is 13.5 Å². The summed E-state index contributed by atoms with van der Waals surface area (Å²) in [5.74, 6) is 0.813. The van der Waals surface area contributed by atoms with Crippen LogP contribution in [0.25, 0.3) is 17.0 Å². The molecule has 2 aromatic carbocycles. The lowest BCUT2D eigenvalue weighted by molar-refractivity contribution is 0.102. The second kappa shape index (κ2) is 7.57. The average molecular weight is 440 g/mol. The molecule has 7 nitrogen and oxygen atoms in total. The van der Waals surface area contributed by atoms with Crippen molar-refractivity contribution in [3.05, 3.63) is 70.3 Å². The summed E-state index contributed by atoms with van der Waals surface area (Å²) in [6.07, 6.45) is 0. The van der Waals surface area contributed by atoms with Gasteiger partial charge in [0.1, 0.15) is 5.82 Å². The van der Waals surface area contributed by atoms with Crippen molar-refractivity contribution in [1.29, 1.82) is 0 Å². The highest BCUT2D eigenvalue weighted by molar-refractivity contribution is 9.10. The Kier molecular flexibility index (Phi) is 4.97. The monoisotopic (exact) mass is 439 g/mol. The summed E-state index contributed by atoms with van der Waals surface area (Å²) in [5, 5.41) is 16.9. The molecular weight excluding hydrogens is 422 g/mol. The Hall–Kier alpha value is -2.97. The number of aliphatic hydroxyl groups is 1. The highest BCUT2D eigenvalue weighted by atomic mass is 79.9. The Morgan fingerprint density at radius 1 is 1.18 bits per heavy atom. The Labute approximate surface area is 169 Å². The smallest absolute Gasteiger partial charge is 0.256 e. The lowest BCUT2D eigenvalue weighted by Gasteiger charge is -2.11. The number of fused-ring (bicyclic) bond motifs is 1. The van der Waals surface area contributed by atoms with Crippen molar-refractivity contribution in [3.8, 4) is 5.95 Å². The maximum Gasteiger partial charge on any atom is 0.256 e. The van der Waals surface area contributed by atoms with Crippen LogP contribution in [0.2, 0.25) is 0 Å². The zero-order valence-electron chi connectivity index (χ0n) is 15.1. The summed E-state index contributed by atoms with van der Waals surface area (Å²) in [6, 6.07) is 16.6. The number of nitrogens with zero attached hydrogens (tertiary/aromatic N) is 4. The molecule has 28 heavy (non-hydrogen) atoms. The van der Waals surface area contributed by atoms with Gasteiger partial charge in [-0.1, -0.05) is 28.1 Å². The maximum atomic E-state index is 12.7. The molecule has 1 amide bonds. The van der Waals surface area contributed by atoms with Crippen LogP contribution >= 0.6 is 15.9 Å². The lowest BCUT2D eigenvalue weighted by Crippen LogP contribution is -2.17. The molecule has 4 rings (SSSR count). The second-order valence-corrected chi connectivity index (χ2v) is 7.24. The minimum atomic E-state index is -0.238. The molecule has 2 heterocycles. The molecule has 2 aromatic heterocycles. The van der Waals surface area contributed by atoms with Crippen LogP contribution in [0.1, 0.15) is 16.1 Å². The number of rotatable bonds is 5. The van der Waals surface area contributed by atoms with Crippen LogP contribution in [0.4, 0.5) is 5.82 Å². The van der Waals surface area contributed by atoms with E-state index >= 15 is 0 Å². The summed E-state index contributed by atoms with van der Waals surface area (Å²) in [7, 11) is 0. The van der Waals surface area contributed by atoms with E-state index in [0.717, 1.165) is 21.2 Å². The van der Waals surface area contributed by atoms with E-state index in [1.807, 2.05) is 47.9 Å². The van der Waals surface area contributed by atoms with Crippen molar-refractivity contribution in [1.82, 2.24) is 19.3 Å². The third-order valence-corrected chi connectivity index (χ3v) is 4.86. The molecule has 0 saturated carbocycles. The first-order valence-corrected chi connectivity index (χ1v) is 9.56. The van der Waals surface area contributed by atoms with E-state index in [1.54, 1.807) is 22.9 Å². The van der Waals surface area contributed by atoms with E-state index < -0.39 is 0 Å². The van der Waals surface area contributed by atoms with Gasteiger partial charge >= 0.3 is 0 Å². The normalized spacial score (nSPS) is 11.1. The summed E-state index contributed by atoms with van der Waals surface area (Å²) in [6.45, 7) is 2.19. The first-order chi connectivity index (χ1) is 13.6. The average Bonchev–Trinajstić information content (AvgIpc) is 3.23. The molecule has 8 heteroatoms. The molecule has 0 atom stereocenters. The van der Waals surface area contributed by atoms with E-state index in [4.69, 9.17) is 0 Å². The molecule has 0 aliphatic rings. The Bertz CT molecular complexity index is 1150. The van der Waals surface area contributed by atoms with Gasteiger partial charge in [0.25, 0.3) is 5.91 Å². The van der Waals surface area contributed by atoms with Gasteiger partial charge in [0, 0.05) is 22.6 Å². The Morgan fingerprint density at radius 2 is 1.93 bits per heavy atom. The number of carbonyl (C=O) groups is 1. The summed E-state index contributed by atoms with van der Waals surface area (Å²) in [4.78, 5) is 17.3. The first-order valence-electron chi connectivity index (χ1n) is 8.77. The van der Waals surface area contributed by atoms with E-state index in [9.17, 15) is 9.90 Å². The molecule has 0 radical (unpaired) electrons. The van der Waals surface area contributed by atoms with Crippen LogP contribution in [0, 0.1) is 6.92 Å². The van der Waals surface area contributed by atoms with Gasteiger partial charge in [-0.05, 0) is 43.3 Å². The number of aliphatic hydroxyl groups excluding tert-OH is 1. The van der Waals surface area contributed by atoms with E-state index in [-0.39, 0.29) is 12.5 Å². The fraction of sp³-hybridized carbons (Fsp3) is 0.150. The molecular formula is C20H18BrN5O2. The number of para-hydroxylation sites is 2. The van der Waals surface area contributed by atoms with Crippen LogP contribution in [-0.4, -0.2) is 37.0 Å². The predicted molar refractivity (Wildman–Crippen MR) is 111 cm³/mol. The molecule has 0 bridgehead atoms. The van der Waals surface area contributed by atoms with Gasteiger partial charge in [-0.15, -0.1) is 0 Å². The standard InChI is InChI=1S/C20H18BrN5O2/c1-13-12-18(23-19(28)14-6-8-15(21)9-7-14)26(24-13)20-22-16-4-2-3-5-17(16)25(20)10-11-27/h2-9,12,27H,10-11H2,1H3,(H,23,28). The van der Waals surface area contributed by atoms with Gasteiger partial charge in [-0.3, -0.25) is 4.79 Å². The summed E-state index contributed by atoms with van der Waals surface area (Å²) in [5.41, 5.74) is 2.97. The molecule has 0 saturated heterocycles. The number of hydrogen-bond donors (Lipinski definition) is 2. The Balaban J connectivity index is 1.76. The van der Waals surface area contributed by atoms with Crippen molar-refractivity contribution in [2.24, 2.45) is 0 Å². The SMILES string of the molecule is Cc1cc(NC(=O)c2ccc(Br)cc2)n(-c2nc3ccccc3n2CCO)n1. The van der Waals surface area contributed by atoms with Gasteiger partial charge < -0.3 is 15.0 Å². The molecule has 0 fully saturated rings. The van der Waals surface area contributed by atoms with Crippen LogP contribution in [-0.2, 0) is 6.54 Å². The highest BCUT2D eigenvalue weighted by Crippen LogP contribution is 2.23. The fourth-order valence-electron chi connectivity index (χ4n) is 3.08. The molecule has 0 spiro atoms. The van der Waals surface area contributed by atoms with Crippen molar-refractivity contribution in [3.63, 3.8) is 0 Å². The third kappa shape index (κ3) is 3.44. The van der Waals surface area contributed by atoms with Crippen LogP contribution in [0.5, 0.6) is 0 Å². The van der Waals surface area contributed by atoms with E-state index in [2.05, 4.69) is 31.3 Å². The number of anilines is 1. The maximum absolute atomic E-state index is 12.7. The number of carbonyl (C=O) groups excluding carboxylic acids is 1. The largest absolute Gasteiger partial charge is 0.395 e. The molecule has 4 aromatic rings. The summed E-state index contributed by atoms with van der Waals surface area (Å²) >= 11 is 3.37. The number of amides is 1. The van der Waals surface area contributed by atoms with Crippen LogP contribution < -0.4 is 5.32 Å². The van der Waals surface area contributed by atoms with E-state index in [0.29, 0.717) is 23.9 Å². The van der Waals surface area contributed by atoms with Crippen molar-refractivity contribution < 1.29 is 9.90 Å². The number of nitrogens with one attached hydrogen (secondary N) is 1. The van der Waals surface area contributed by atoms with Crippen molar-refractivity contribution in [2.75, 3.05) is 11.9 Å². The molecule has 0 aliphatic heterocycles. The van der Waals surface area contributed by atoms with Gasteiger partial charge in [0.15, 0.2) is 0 Å². The van der Waals surface area contributed by atoms with E-state index in [1.165, 1.54) is 0 Å². The predicted octanol–water partition coefficient (Wildman–Crippen LogP) is 3.54. The van der Waals surface area contributed by atoms with Crippen molar-refractivity contribution >= 4 is 38.7 Å². The fourth-order valence-corrected chi connectivity index (χ4v) is 3.34. The number of halogens is 1. The molecule has 142 valence electrons. The lowest BCUT2D eigenvalue weighted by atomic mass is 10.2. The first kappa shape index (κ1) is 18.4. The zero-order chi connectivity index (χ0) is 19.7. The van der Waals surface area contributed by atoms with Gasteiger partial charge in [-0.25, -0.2) is 4.98 Å². The highest BCUT2D eigenvalue weighted by Gasteiger charge is 2.18. The number of imidazole rings is 1. The minimum absolute atomic E-state index is 0.0335. The van der Waals surface area contributed by atoms with Crippen LogP contribution in [0.3, 0.4) is 0 Å². The van der Waals surface area contributed by atoms with Gasteiger partial charge in [0.2, 0.25) is 5.95 Å². The number of aromatic nitrogens is 4. The molecule has 2 N–H and O–H groups in total. The number of aryl methyl sites for hydroxylation is 1. The number of hydrogen-bond acceptors (Lipinski definition) is 4. The minimum Gasteiger partial charge on any atom is -0.395 e. The van der Waals surface area contributed by atoms with Gasteiger partial charge in [0.05, 0.1) is 23.3 Å². The second-order valence-electron chi connectivity index (χ2n) is 6.32. The van der Waals surface area contributed by atoms with Gasteiger partial charge in [-0.2, -0.15) is 9.78 Å². The quantitative estimate of drug-likeness (QED) is 0.497. The zero-order valence-corrected chi connectivity index (χ0v) is 16.7. The molecule has 0 aliphatic carbocycles. The molecule has 0 unspecified atom stereocenters.